The minimum Gasteiger partial charge on any atom is -0.475 e. The van der Waals surface area contributed by atoms with Crippen LogP contribution >= 0.6 is 0 Å². The van der Waals surface area contributed by atoms with Crippen molar-refractivity contribution in [1.82, 2.24) is 0 Å². The molecule has 16 heteroatoms. The molecular formula is C6HF11O5. The summed E-state index contributed by atoms with van der Waals surface area (Å²) in [6, 6.07) is 0. The van der Waals surface area contributed by atoms with E-state index in [0.29, 0.717) is 0 Å². The molecule has 0 aliphatic carbocycles. The first-order valence-corrected chi connectivity index (χ1v) is 4.23. The minimum absolute atomic E-state index is 1.51. The summed E-state index contributed by atoms with van der Waals surface area (Å²) in [6.07, 6.45) is -32.4. The van der Waals surface area contributed by atoms with Gasteiger partial charge in [0.15, 0.2) is 0 Å². The van der Waals surface area contributed by atoms with Crippen LogP contribution in [0.3, 0.4) is 0 Å². The molecule has 0 radical (unpaired) electrons. The molecule has 0 spiro atoms. The van der Waals surface area contributed by atoms with Crippen LogP contribution in [0.4, 0.5) is 48.3 Å². The zero-order chi connectivity index (χ0) is 18.2. The molecule has 0 aromatic carbocycles. The van der Waals surface area contributed by atoms with Crippen LogP contribution in [0.15, 0.2) is 0 Å². The van der Waals surface area contributed by atoms with Gasteiger partial charge in [0.05, 0.1) is 0 Å². The second-order valence-electron chi connectivity index (χ2n) is 3.07. The first kappa shape index (κ1) is 20.6. The lowest BCUT2D eigenvalue weighted by Gasteiger charge is -2.29. The minimum atomic E-state index is -6.83. The van der Waals surface area contributed by atoms with Gasteiger partial charge in [0.1, 0.15) is 0 Å². The lowest BCUT2D eigenvalue weighted by atomic mass is 10.5. The largest absolute Gasteiger partial charge is 0.527 e. The van der Waals surface area contributed by atoms with Crippen molar-refractivity contribution in [2.45, 2.75) is 31.0 Å². The Labute approximate surface area is 111 Å². The van der Waals surface area contributed by atoms with Gasteiger partial charge in [0, 0.05) is 0 Å². The van der Waals surface area contributed by atoms with Gasteiger partial charge in [0.25, 0.3) is 0 Å². The molecular weight excluding hydrogens is 361 g/mol. The first-order valence-electron chi connectivity index (χ1n) is 4.23. The van der Waals surface area contributed by atoms with Crippen LogP contribution in [-0.4, -0.2) is 42.1 Å². The van der Waals surface area contributed by atoms with Gasteiger partial charge in [-0.1, -0.05) is 0 Å². The third-order valence-electron chi connectivity index (χ3n) is 1.33. The number of aliphatic carboxylic acids is 1. The fourth-order valence-corrected chi connectivity index (χ4v) is 0.627. The zero-order valence-corrected chi connectivity index (χ0v) is 9.24. The SMILES string of the molecule is O=C(O)C(F)(F)OC(F)(F)OC(F)(F)C(F)(F)OC(F)(F)F. The first-order chi connectivity index (χ1) is 9.31. The van der Waals surface area contributed by atoms with Gasteiger partial charge in [0.2, 0.25) is 0 Å². The van der Waals surface area contributed by atoms with E-state index in [4.69, 9.17) is 5.11 Å². The highest BCUT2D eigenvalue weighted by molar-refractivity contribution is 5.73. The maximum Gasteiger partial charge on any atom is 0.527 e. The smallest absolute Gasteiger partial charge is 0.475 e. The van der Waals surface area contributed by atoms with Crippen LogP contribution < -0.4 is 0 Å². The van der Waals surface area contributed by atoms with Gasteiger partial charge >= 0.3 is 37.0 Å². The molecule has 0 saturated carbocycles. The molecule has 0 aromatic rings. The lowest BCUT2D eigenvalue weighted by Crippen LogP contribution is -2.53. The van der Waals surface area contributed by atoms with E-state index in [2.05, 4.69) is 0 Å². The van der Waals surface area contributed by atoms with Crippen molar-refractivity contribution in [1.29, 1.82) is 0 Å². The van der Waals surface area contributed by atoms with Crippen LogP contribution in [0, 0.1) is 0 Å². The number of ether oxygens (including phenoxy) is 3. The fraction of sp³-hybridized carbons (Fsp3) is 0.833. The summed E-state index contributed by atoms with van der Waals surface area (Å²) in [7, 11) is 0. The van der Waals surface area contributed by atoms with Crippen molar-refractivity contribution in [2.75, 3.05) is 0 Å². The summed E-state index contributed by atoms with van der Waals surface area (Å²) in [4.78, 5) is 9.68. The van der Waals surface area contributed by atoms with Crippen molar-refractivity contribution in [3.05, 3.63) is 0 Å². The maximum absolute atomic E-state index is 12.5. The van der Waals surface area contributed by atoms with Crippen LogP contribution in [0.2, 0.25) is 0 Å². The van der Waals surface area contributed by atoms with Crippen molar-refractivity contribution < 1.29 is 72.4 Å². The highest BCUT2D eigenvalue weighted by Crippen LogP contribution is 2.44. The molecule has 22 heavy (non-hydrogen) atoms. The van der Waals surface area contributed by atoms with E-state index in [-0.39, 0.29) is 0 Å². The summed E-state index contributed by atoms with van der Waals surface area (Å²) in [5.41, 5.74) is 0. The molecule has 5 nitrogen and oxygen atoms in total. The van der Waals surface area contributed by atoms with Gasteiger partial charge in [-0.05, 0) is 0 Å². The molecule has 0 fully saturated rings. The molecule has 0 aromatic heterocycles. The average molecular weight is 362 g/mol. The van der Waals surface area contributed by atoms with Crippen molar-refractivity contribution in [3.8, 4) is 0 Å². The number of carboxylic acid groups (broad SMARTS) is 1. The number of rotatable bonds is 7. The van der Waals surface area contributed by atoms with E-state index in [1.807, 2.05) is 4.74 Å². The standard InChI is InChI=1S/C6HF11O5/c7-2(8,1(18)19)20-6(16,17)22-4(11,12)3(9,10)21-5(13,14)15/h(H,18,19). The van der Waals surface area contributed by atoms with Gasteiger partial charge < -0.3 is 5.11 Å². The van der Waals surface area contributed by atoms with E-state index in [1.165, 1.54) is 4.74 Å². The van der Waals surface area contributed by atoms with Gasteiger partial charge in [-0.25, -0.2) is 19.0 Å². The summed E-state index contributed by atoms with van der Waals surface area (Å²) in [5.74, 6) is -3.46. The number of alkyl halides is 11. The van der Waals surface area contributed by atoms with Crippen molar-refractivity contribution >= 4 is 5.97 Å². The molecule has 0 rings (SSSR count). The topological polar surface area (TPSA) is 65.0 Å². The Hall–Kier alpha value is -1.42. The Morgan fingerprint density at radius 2 is 1.05 bits per heavy atom. The summed E-state index contributed by atoms with van der Waals surface area (Å²) in [5, 5.41) is 7.64. The molecule has 0 heterocycles. The summed E-state index contributed by atoms with van der Waals surface area (Å²) < 4.78 is 138. The van der Waals surface area contributed by atoms with E-state index in [9.17, 15) is 53.1 Å². The normalized spacial score (nSPS) is 15.0. The van der Waals surface area contributed by atoms with Crippen molar-refractivity contribution in [3.63, 3.8) is 0 Å². The van der Waals surface area contributed by atoms with Gasteiger partial charge in [-0.3, -0.25) is 0 Å². The maximum atomic E-state index is 12.5. The molecule has 0 unspecified atom stereocenters. The molecule has 0 saturated heterocycles. The molecule has 0 bridgehead atoms. The third-order valence-corrected chi connectivity index (χ3v) is 1.33. The van der Waals surface area contributed by atoms with E-state index >= 15 is 0 Å². The molecule has 0 aliphatic heterocycles. The van der Waals surface area contributed by atoms with E-state index in [1.54, 1.807) is 4.74 Å². The predicted octanol–water partition coefficient (Wildman–Crippen LogP) is 2.97. The number of carboxylic acids is 1. The highest BCUT2D eigenvalue weighted by atomic mass is 19.4. The van der Waals surface area contributed by atoms with Crippen LogP contribution in [-0.2, 0) is 19.0 Å². The molecule has 0 amide bonds. The van der Waals surface area contributed by atoms with Crippen LogP contribution in [0.25, 0.3) is 0 Å². The Balaban J connectivity index is 5.21. The van der Waals surface area contributed by atoms with Crippen LogP contribution in [0.1, 0.15) is 0 Å². The number of hydrogen-bond donors (Lipinski definition) is 1. The quantitative estimate of drug-likeness (QED) is 0.557. The summed E-state index contributed by atoms with van der Waals surface area (Å²) >= 11 is 0. The fourth-order valence-electron chi connectivity index (χ4n) is 0.627. The van der Waals surface area contributed by atoms with Gasteiger partial charge in [-0.15, -0.1) is 22.0 Å². The third kappa shape index (κ3) is 5.76. The molecule has 132 valence electrons. The van der Waals surface area contributed by atoms with Crippen molar-refractivity contribution in [2.24, 2.45) is 0 Å². The zero-order valence-electron chi connectivity index (χ0n) is 9.24. The molecule has 0 aliphatic rings. The summed E-state index contributed by atoms with van der Waals surface area (Å²) in [6.45, 7) is 0. The Morgan fingerprint density at radius 1 is 0.682 bits per heavy atom. The monoisotopic (exact) mass is 362 g/mol. The second kappa shape index (κ2) is 5.65. The molecule has 0 atom stereocenters. The highest BCUT2D eigenvalue weighted by Gasteiger charge is 2.69. The predicted molar refractivity (Wildman–Crippen MR) is 36.7 cm³/mol. The van der Waals surface area contributed by atoms with Gasteiger partial charge in [-0.2, -0.15) is 26.3 Å². The Morgan fingerprint density at radius 3 is 1.36 bits per heavy atom. The van der Waals surface area contributed by atoms with Crippen LogP contribution in [0.5, 0.6) is 0 Å². The Kier molecular flexibility index (Phi) is 5.29. The lowest BCUT2D eigenvalue weighted by molar-refractivity contribution is -0.569. The average Bonchev–Trinajstić information content (AvgIpc) is 2.07. The second-order valence-corrected chi connectivity index (χ2v) is 3.07. The number of hydrogen-bond acceptors (Lipinski definition) is 4. The van der Waals surface area contributed by atoms with E-state index < -0.39 is 37.0 Å². The Bertz CT molecular complexity index is 416. The van der Waals surface area contributed by atoms with E-state index in [0.717, 1.165) is 0 Å². The number of halogens is 11. The molecule has 1 N–H and O–H groups in total. The number of carbonyl (C=O) groups is 1.